The highest BCUT2D eigenvalue weighted by Crippen LogP contribution is 2.26. The number of hydrogen-bond donors (Lipinski definition) is 1. The number of aryl methyl sites for hydroxylation is 1. The first-order chi connectivity index (χ1) is 10.4. The molecule has 0 bridgehead atoms. The van der Waals surface area contributed by atoms with Crippen LogP contribution in [0, 0.1) is 6.92 Å². The topological polar surface area (TPSA) is 46.2 Å². The van der Waals surface area contributed by atoms with Crippen LogP contribution in [0.1, 0.15) is 22.9 Å². The Morgan fingerprint density at radius 3 is 2.50 bits per heavy atom. The zero-order chi connectivity index (χ0) is 16.2. The Hall–Kier alpha value is -0.880. The summed E-state index contributed by atoms with van der Waals surface area (Å²) < 4.78 is 27.8. The largest absolute Gasteiger partial charge is 0.240 e. The normalized spacial score (nSPS) is 13.0. The quantitative estimate of drug-likeness (QED) is 0.728. The van der Waals surface area contributed by atoms with E-state index in [1.54, 1.807) is 24.3 Å². The van der Waals surface area contributed by atoms with Gasteiger partial charge in [0.25, 0.3) is 0 Å². The van der Waals surface area contributed by atoms with Crippen molar-refractivity contribution in [2.24, 2.45) is 0 Å². The van der Waals surface area contributed by atoms with E-state index in [1.165, 1.54) is 0 Å². The molecule has 1 N–H and O–H groups in total. The van der Waals surface area contributed by atoms with E-state index in [2.05, 4.69) is 20.7 Å². The van der Waals surface area contributed by atoms with Crippen molar-refractivity contribution in [3.8, 4) is 0 Å². The minimum atomic E-state index is -3.48. The molecule has 118 valence electrons. The summed E-state index contributed by atoms with van der Waals surface area (Å²) >= 11 is 9.71. The average Bonchev–Trinajstić information content (AvgIpc) is 2.47. The number of alkyl halides is 1. The Labute approximate surface area is 144 Å². The Kier molecular flexibility index (Phi) is 6.03. The molecule has 3 nitrogen and oxygen atoms in total. The zero-order valence-corrected chi connectivity index (χ0v) is 15.2. The summed E-state index contributed by atoms with van der Waals surface area (Å²) in [4.78, 5) is 0.270. The number of halogens is 2. The zero-order valence-electron chi connectivity index (χ0n) is 12.1. The van der Waals surface area contributed by atoms with Crippen molar-refractivity contribution in [1.29, 1.82) is 0 Å². The fourth-order valence-corrected chi connectivity index (χ4v) is 3.70. The fraction of sp³-hybridized carbons (Fsp3) is 0.250. The van der Waals surface area contributed by atoms with Gasteiger partial charge in [0.2, 0.25) is 10.0 Å². The van der Waals surface area contributed by atoms with Crippen molar-refractivity contribution in [1.82, 2.24) is 4.72 Å². The lowest BCUT2D eigenvalue weighted by molar-refractivity contribution is 0.578. The van der Waals surface area contributed by atoms with Crippen LogP contribution in [0.25, 0.3) is 0 Å². The van der Waals surface area contributed by atoms with E-state index in [0.29, 0.717) is 6.42 Å². The van der Waals surface area contributed by atoms with Crippen LogP contribution in [0.15, 0.2) is 57.9 Å². The number of benzene rings is 2. The first-order valence-electron chi connectivity index (χ1n) is 6.84. The second-order valence-corrected chi connectivity index (χ2v) is 8.23. The highest BCUT2D eigenvalue weighted by molar-refractivity contribution is 9.10. The molecule has 2 rings (SSSR count). The molecule has 0 spiro atoms. The Bertz CT molecular complexity index is 732. The first-order valence-corrected chi connectivity index (χ1v) is 9.55. The maximum atomic E-state index is 12.2. The van der Waals surface area contributed by atoms with Gasteiger partial charge in [-0.25, -0.2) is 13.1 Å². The van der Waals surface area contributed by atoms with E-state index in [9.17, 15) is 8.42 Å². The smallest absolute Gasteiger partial charge is 0.211 e. The molecule has 2 aromatic rings. The highest BCUT2D eigenvalue weighted by atomic mass is 79.9. The fourth-order valence-electron chi connectivity index (χ4n) is 1.99. The Balaban J connectivity index is 1.94. The van der Waals surface area contributed by atoms with Crippen LogP contribution in [0.2, 0.25) is 0 Å². The summed E-state index contributed by atoms with van der Waals surface area (Å²) in [7, 11) is -3.48. The Morgan fingerprint density at radius 2 is 1.86 bits per heavy atom. The summed E-state index contributed by atoms with van der Waals surface area (Å²) in [6.45, 7) is 2.21. The molecule has 1 unspecified atom stereocenters. The van der Waals surface area contributed by atoms with Crippen LogP contribution >= 0.6 is 27.5 Å². The van der Waals surface area contributed by atoms with E-state index < -0.39 is 10.0 Å². The van der Waals surface area contributed by atoms with Gasteiger partial charge in [-0.2, -0.15) is 0 Å². The van der Waals surface area contributed by atoms with Gasteiger partial charge >= 0.3 is 0 Å². The monoisotopic (exact) mass is 401 g/mol. The maximum Gasteiger partial charge on any atom is 0.240 e. The van der Waals surface area contributed by atoms with Crippen molar-refractivity contribution >= 4 is 37.6 Å². The minimum Gasteiger partial charge on any atom is -0.211 e. The predicted octanol–water partition coefficient (Wildman–Crippen LogP) is 4.41. The molecule has 0 heterocycles. The van der Waals surface area contributed by atoms with Crippen LogP contribution in [0.4, 0.5) is 0 Å². The second kappa shape index (κ2) is 7.59. The van der Waals surface area contributed by atoms with E-state index in [-0.39, 0.29) is 16.8 Å². The molecule has 0 aromatic heterocycles. The van der Waals surface area contributed by atoms with E-state index in [4.69, 9.17) is 11.6 Å². The van der Waals surface area contributed by atoms with Crippen molar-refractivity contribution in [3.05, 3.63) is 64.1 Å². The molecule has 1 atom stereocenters. The molecule has 0 amide bonds. The third kappa shape index (κ3) is 4.81. The molecule has 0 saturated heterocycles. The van der Waals surface area contributed by atoms with Gasteiger partial charge in [0.15, 0.2) is 0 Å². The molecule has 0 aliphatic heterocycles. The lowest BCUT2D eigenvalue weighted by atomic mass is 10.1. The maximum absolute atomic E-state index is 12.2. The van der Waals surface area contributed by atoms with Gasteiger partial charge in [0.05, 0.1) is 10.3 Å². The molecular formula is C16H17BrClNO2S. The third-order valence-electron chi connectivity index (χ3n) is 3.23. The van der Waals surface area contributed by atoms with E-state index >= 15 is 0 Å². The standard InChI is InChI=1S/C16H17BrClNO2S/c1-12-5-7-15(8-6-12)22(20,21)19-10-9-16(18)13-3-2-4-14(17)11-13/h2-8,11,16,19H,9-10H2,1H3. The van der Waals surface area contributed by atoms with E-state index in [0.717, 1.165) is 15.6 Å². The predicted molar refractivity (Wildman–Crippen MR) is 93.7 cm³/mol. The SMILES string of the molecule is Cc1ccc(S(=O)(=O)NCCC(Cl)c2cccc(Br)c2)cc1. The number of rotatable bonds is 6. The molecule has 0 saturated carbocycles. The molecule has 0 aliphatic rings. The van der Waals surface area contributed by atoms with Gasteiger partial charge in [-0.1, -0.05) is 45.8 Å². The van der Waals surface area contributed by atoms with Gasteiger partial charge in [-0.15, -0.1) is 11.6 Å². The van der Waals surface area contributed by atoms with Crippen molar-refractivity contribution in [2.75, 3.05) is 6.54 Å². The average molecular weight is 403 g/mol. The highest BCUT2D eigenvalue weighted by Gasteiger charge is 2.15. The molecule has 0 aliphatic carbocycles. The van der Waals surface area contributed by atoms with Crippen LogP contribution in [0.3, 0.4) is 0 Å². The second-order valence-electron chi connectivity index (χ2n) is 5.02. The molecular weight excluding hydrogens is 386 g/mol. The summed E-state index contributed by atoms with van der Waals surface area (Å²) in [5.74, 6) is 0. The summed E-state index contributed by atoms with van der Waals surface area (Å²) in [5.41, 5.74) is 1.99. The lowest BCUT2D eigenvalue weighted by Gasteiger charge is -2.11. The van der Waals surface area contributed by atoms with Gasteiger partial charge in [-0.05, 0) is 43.2 Å². The van der Waals surface area contributed by atoms with E-state index in [1.807, 2.05) is 31.2 Å². The summed E-state index contributed by atoms with van der Waals surface area (Å²) in [5, 5.41) is -0.238. The van der Waals surface area contributed by atoms with Crippen molar-refractivity contribution < 1.29 is 8.42 Å². The van der Waals surface area contributed by atoms with Crippen molar-refractivity contribution in [2.45, 2.75) is 23.6 Å². The molecule has 0 fully saturated rings. The molecule has 6 heteroatoms. The van der Waals surface area contributed by atoms with Gasteiger partial charge in [0.1, 0.15) is 0 Å². The van der Waals surface area contributed by atoms with Gasteiger partial charge in [-0.3, -0.25) is 0 Å². The van der Waals surface area contributed by atoms with Crippen LogP contribution in [0.5, 0.6) is 0 Å². The number of hydrogen-bond acceptors (Lipinski definition) is 2. The van der Waals surface area contributed by atoms with Gasteiger partial charge < -0.3 is 0 Å². The molecule has 22 heavy (non-hydrogen) atoms. The Morgan fingerprint density at radius 1 is 1.18 bits per heavy atom. The minimum absolute atomic E-state index is 0.238. The van der Waals surface area contributed by atoms with Gasteiger partial charge in [0, 0.05) is 11.0 Å². The van der Waals surface area contributed by atoms with Crippen LogP contribution in [-0.4, -0.2) is 15.0 Å². The summed E-state index contributed by atoms with van der Waals surface area (Å²) in [6.07, 6.45) is 0.517. The number of nitrogens with one attached hydrogen (secondary N) is 1. The number of sulfonamides is 1. The third-order valence-corrected chi connectivity index (χ3v) is 5.67. The lowest BCUT2D eigenvalue weighted by Crippen LogP contribution is -2.25. The molecule has 0 radical (unpaired) electrons. The first kappa shape index (κ1) is 17.5. The van der Waals surface area contributed by atoms with Crippen molar-refractivity contribution in [3.63, 3.8) is 0 Å². The van der Waals surface area contributed by atoms with Crippen LogP contribution in [-0.2, 0) is 10.0 Å². The van der Waals surface area contributed by atoms with Crippen LogP contribution < -0.4 is 4.72 Å². The molecule has 2 aromatic carbocycles. The summed E-state index contributed by atoms with van der Waals surface area (Å²) in [6, 6.07) is 14.5.